The lowest BCUT2D eigenvalue weighted by atomic mass is 10.1. The summed E-state index contributed by atoms with van der Waals surface area (Å²) >= 11 is 2.35. The Hall–Kier alpha value is -4.36. The highest BCUT2D eigenvalue weighted by Gasteiger charge is 2.22. The van der Waals surface area contributed by atoms with Crippen molar-refractivity contribution in [2.75, 3.05) is 5.32 Å². The number of amides is 1. The van der Waals surface area contributed by atoms with Gasteiger partial charge in [-0.3, -0.25) is 14.9 Å². The Kier molecular flexibility index (Phi) is 6.56. The van der Waals surface area contributed by atoms with Gasteiger partial charge in [-0.1, -0.05) is 23.9 Å². The number of hydrogen-bond acceptors (Lipinski definition) is 11. The number of thioether (sulfide) groups is 1. The molecule has 0 aliphatic heterocycles. The molecule has 11 nitrogen and oxygen atoms in total. The Morgan fingerprint density at radius 3 is 2.50 bits per heavy atom. The van der Waals surface area contributed by atoms with E-state index in [9.17, 15) is 14.9 Å². The Labute approximate surface area is 211 Å². The van der Waals surface area contributed by atoms with Crippen LogP contribution in [0.5, 0.6) is 0 Å². The molecular weight excluding hydrogens is 504 g/mol. The van der Waals surface area contributed by atoms with Crippen molar-refractivity contribution in [2.45, 2.75) is 17.3 Å². The van der Waals surface area contributed by atoms with Gasteiger partial charge in [-0.25, -0.2) is 9.97 Å². The zero-order chi connectivity index (χ0) is 25.1. The monoisotopic (exact) mass is 520 g/mol. The first kappa shape index (κ1) is 23.4. The maximum absolute atomic E-state index is 12.8. The van der Waals surface area contributed by atoms with Crippen LogP contribution in [-0.2, 0) is 4.79 Å². The van der Waals surface area contributed by atoms with Crippen molar-refractivity contribution in [2.24, 2.45) is 0 Å². The van der Waals surface area contributed by atoms with Crippen LogP contribution in [0.25, 0.3) is 34.2 Å². The Morgan fingerprint density at radius 1 is 1.06 bits per heavy atom. The van der Waals surface area contributed by atoms with Crippen LogP contribution < -0.4 is 5.32 Å². The Balaban J connectivity index is 1.30. The normalized spacial score (nSPS) is 11.8. The predicted molar refractivity (Wildman–Crippen MR) is 133 cm³/mol. The molecule has 0 radical (unpaired) electrons. The molecule has 0 fully saturated rings. The van der Waals surface area contributed by atoms with Gasteiger partial charge in [0.05, 0.1) is 28.4 Å². The third-order valence-corrected chi connectivity index (χ3v) is 6.62. The summed E-state index contributed by atoms with van der Waals surface area (Å²) in [6.07, 6.45) is 3.06. The number of nitrogens with one attached hydrogen (secondary N) is 1. The topological polar surface area (TPSA) is 150 Å². The maximum Gasteiger partial charge on any atom is 0.270 e. The van der Waals surface area contributed by atoms with Crippen LogP contribution in [0.3, 0.4) is 0 Å². The fourth-order valence-electron chi connectivity index (χ4n) is 3.19. The average molecular weight is 521 g/mol. The number of aromatic nitrogens is 4. The van der Waals surface area contributed by atoms with Gasteiger partial charge < -0.3 is 14.2 Å². The van der Waals surface area contributed by atoms with Crippen LogP contribution in [0.4, 0.5) is 10.8 Å². The zero-order valence-corrected chi connectivity index (χ0v) is 20.2. The van der Waals surface area contributed by atoms with Crippen LogP contribution in [0.2, 0.25) is 0 Å². The van der Waals surface area contributed by atoms with Gasteiger partial charge in [0, 0.05) is 23.1 Å². The molecule has 13 heteroatoms. The van der Waals surface area contributed by atoms with E-state index in [1.807, 2.05) is 0 Å². The summed E-state index contributed by atoms with van der Waals surface area (Å²) < 4.78 is 10.9. The summed E-state index contributed by atoms with van der Waals surface area (Å²) in [6, 6.07) is 13.1. The highest BCUT2D eigenvalue weighted by molar-refractivity contribution is 8.00. The van der Waals surface area contributed by atoms with E-state index in [-0.39, 0.29) is 16.8 Å². The summed E-state index contributed by atoms with van der Waals surface area (Å²) in [4.78, 5) is 32.3. The molecule has 1 N–H and O–H groups in total. The molecule has 1 aromatic carbocycles. The minimum Gasteiger partial charge on any atom is -0.463 e. The number of nitro groups is 1. The molecule has 0 aliphatic carbocycles. The largest absolute Gasteiger partial charge is 0.463 e. The van der Waals surface area contributed by atoms with Gasteiger partial charge in [-0.05, 0) is 31.2 Å². The number of benzene rings is 1. The second-order valence-electron chi connectivity index (χ2n) is 7.34. The summed E-state index contributed by atoms with van der Waals surface area (Å²) in [6.45, 7) is 1.71. The third kappa shape index (κ3) is 5.01. The van der Waals surface area contributed by atoms with Gasteiger partial charge in [0.15, 0.2) is 22.3 Å². The number of nitrogens with zero attached hydrogens (tertiary/aromatic N) is 5. The van der Waals surface area contributed by atoms with Crippen molar-refractivity contribution in [3.63, 3.8) is 0 Å². The molecule has 5 rings (SSSR count). The van der Waals surface area contributed by atoms with E-state index in [0.717, 1.165) is 11.8 Å². The van der Waals surface area contributed by atoms with Gasteiger partial charge in [0.25, 0.3) is 5.69 Å². The fourth-order valence-corrected chi connectivity index (χ4v) is 4.62. The van der Waals surface area contributed by atoms with Gasteiger partial charge in [-0.15, -0.1) is 21.5 Å². The number of thiazole rings is 1. The Bertz CT molecular complexity index is 1520. The maximum atomic E-state index is 12.8. The first-order chi connectivity index (χ1) is 17.5. The van der Waals surface area contributed by atoms with Gasteiger partial charge >= 0.3 is 0 Å². The lowest BCUT2D eigenvalue weighted by molar-refractivity contribution is -0.384. The number of carbonyl (C=O) groups is 1. The number of carbonyl (C=O) groups excluding carboxylic acids is 1. The number of anilines is 1. The van der Waals surface area contributed by atoms with Gasteiger partial charge in [-0.2, -0.15) is 0 Å². The molecular formula is C23H16N6O5S2. The minimum atomic E-state index is -0.573. The molecule has 0 saturated carbocycles. The predicted octanol–water partition coefficient (Wildman–Crippen LogP) is 5.54. The van der Waals surface area contributed by atoms with Gasteiger partial charge in [0.1, 0.15) is 5.69 Å². The summed E-state index contributed by atoms with van der Waals surface area (Å²) in [5.74, 6) is 0.678. The number of non-ortho nitro benzene ring substituents is 1. The highest BCUT2D eigenvalue weighted by atomic mass is 32.2. The molecule has 4 heterocycles. The lowest BCUT2D eigenvalue weighted by Crippen LogP contribution is -2.22. The lowest BCUT2D eigenvalue weighted by Gasteiger charge is -2.10. The van der Waals surface area contributed by atoms with E-state index in [2.05, 4.69) is 25.5 Å². The van der Waals surface area contributed by atoms with Crippen LogP contribution in [-0.4, -0.2) is 36.2 Å². The standard InChI is InChI=1S/C23H16N6O5S2/c1-13(21(30)26-22-24-16(12-35-22)14-5-2-6-15(11-14)29(31)32)36-23-25-19(17-7-3-9-33-17)20(27-28-23)18-8-4-10-34-18/h2-13H,1H3,(H,24,26,30). The summed E-state index contributed by atoms with van der Waals surface area (Å²) in [7, 11) is 0. The molecule has 5 aromatic rings. The second kappa shape index (κ2) is 10.1. The molecule has 1 amide bonds. The molecule has 36 heavy (non-hydrogen) atoms. The quantitative estimate of drug-likeness (QED) is 0.157. The molecule has 0 saturated heterocycles. The molecule has 4 aromatic heterocycles. The SMILES string of the molecule is CC(Sc1nnc(-c2ccco2)c(-c2ccco2)n1)C(=O)Nc1nc(-c2cccc([N+](=O)[O-])c2)cs1. The van der Waals surface area contributed by atoms with Crippen molar-refractivity contribution in [3.05, 3.63) is 76.6 Å². The van der Waals surface area contributed by atoms with E-state index >= 15 is 0 Å². The van der Waals surface area contributed by atoms with E-state index in [1.54, 1.807) is 48.7 Å². The molecule has 180 valence electrons. The molecule has 0 bridgehead atoms. The molecule has 1 atom stereocenters. The number of rotatable bonds is 8. The van der Waals surface area contributed by atoms with Gasteiger partial charge in [0.2, 0.25) is 11.1 Å². The van der Waals surface area contributed by atoms with E-state index < -0.39 is 10.2 Å². The first-order valence-electron chi connectivity index (χ1n) is 10.5. The van der Waals surface area contributed by atoms with Crippen molar-refractivity contribution in [1.82, 2.24) is 20.2 Å². The van der Waals surface area contributed by atoms with Crippen LogP contribution in [0.15, 0.2) is 80.4 Å². The average Bonchev–Trinajstić information content (AvgIpc) is 3.67. The molecule has 0 aliphatic rings. The second-order valence-corrected chi connectivity index (χ2v) is 9.51. The summed E-state index contributed by atoms with van der Waals surface area (Å²) in [5.41, 5.74) is 1.96. The number of nitro benzene ring substituents is 1. The Morgan fingerprint density at radius 2 is 1.81 bits per heavy atom. The van der Waals surface area contributed by atoms with Crippen LogP contribution >= 0.6 is 23.1 Å². The third-order valence-electron chi connectivity index (χ3n) is 4.91. The van der Waals surface area contributed by atoms with E-state index in [4.69, 9.17) is 8.83 Å². The van der Waals surface area contributed by atoms with Crippen LogP contribution in [0, 0.1) is 10.1 Å². The first-order valence-corrected chi connectivity index (χ1v) is 12.2. The van der Waals surface area contributed by atoms with Crippen molar-refractivity contribution in [3.8, 4) is 34.2 Å². The smallest absolute Gasteiger partial charge is 0.270 e. The summed E-state index contributed by atoms with van der Waals surface area (Å²) in [5, 5.41) is 24.0. The zero-order valence-electron chi connectivity index (χ0n) is 18.5. The van der Waals surface area contributed by atoms with Crippen molar-refractivity contribution < 1.29 is 18.6 Å². The molecule has 1 unspecified atom stereocenters. The van der Waals surface area contributed by atoms with Crippen LogP contribution in [0.1, 0.15) is 6.92 Å². The van der Waals surface area contributed by atoms with Crippen molar-refractivity contribution in [1.29, 1.82) is 0 Å². The fraction of sp³-hybridized carbons (Fsp3) is 0.0870. The van der Waals surface area contributed by atoms with E-state index in [0.29, 0.717) is 39.3 Å². The number of hydrogen-bond donors (Lipinski definition) is 1. The number of furan rings is 2. The van der Waals surface area contributed by atoms with E-state index in [1.165, 1.54) is 36.0 Å². The highest BCUT2D eigenvalue weighted by Crippen LogP contribution is 2.32. The minimum absolute atomic E-state index is 0.0308. The van der Waals surface area contributed by atoms with Crippen molar-refractivity contribution >= 4 is 39.8 Å². The molecule has 0 spiro atoms.